The Bertz CT molecular complexity index is 1130. The van der Waals surface area contributed by atoms with Crippen molar-refractivity contribution >= 4 is 34.0 Å². The molecule has 3 aromatic rings. The van der Waals surface area contributed by atoms with Crippen LogP contribution in [0, 0.1) is 6.92 Å². The van der Waals surface area contributed by atoms with Gasteiger partial charge in [-0.3, -0.25) is 14.9 Å². The number of hydrogen-bond donors (Lipinski definition) is 1. The fourth-order valence-corrected chi connectivity index (χ4v) is 4.34. The van der Waals surface area contributed by atoms with Gasteiger partial charge in [0.2, 0.25) is 11.0 Å². The first-order valence-electron chi connectivity index (χ1n) is 9.72. The van der Waals surface area contributed by atoms with Gasteiger partial charge in [0, 0.05) is 30.1 Å². The summed E-state index contributed by atoms with van der Waals surface area (Å²) in [5.74, 6) is 0.682. The maximum Gasteiger partial charge on any atom is 0.257 e. The summed E-state index contributed by atoms with van der Waals surface area (Å²) in [5, 5.41) is 12.2. The van der Waals surface area contributed by atoms with Crippen molar-refractivity contribution in [3.05, 3.63) is 58.6 Å². The third-order valence-corrected chi connectivity index (χ3v) is 6.10. The number of benzene rings is 2. The van der Waals surface area contributed by atoms with E-state index in [9.17, 15) is 9.59 Å². The van der Waals surface area contributed by atoms with Gasteiger partial charge in [0.15, 0.2) is 11.5 Å². The summed E-state index contributed by atoms with van der Waals surface area (Å²) in [6.45, 7) is 2.54. The number of carbonyl (C=O) groups is 2. The third-order valence-electron chi connectivity index (χ3n) is 5.09. The Balaban J connectivity index is 1.45. The molecule has 0 radical (unpaired) electrons. The van der Waals surface area contributed by atoms with Crippen molar-refractivity contribution < 1.29 is 19.1 Å². The van der Waals surface area contributed by atoms with E-state index < -0.39 is 0 Å². The maximum absolute atomic E-state index is 12.6. The van der Waals surface area contributed by atoms with Crippen LogP contribution in [-0.2, 0) is 4.79 Å². The molecule has 8 nitrogen and oxygen atoms in total. The number of rotatable bonds is 6. The Hall–Kier alpha value is -3.46. The first-order valence-corrected chi connectivity index (χ1v) is 10.5. The molecule has 1 fully saturated rings. The van der Waals surface area contributed by atoms with Crippen LogP contribution in [0.5, 0.6) is 11.5 Å². The van der Waals surface area contributed by atoms with Gasteiger partial charge < -0.3 is 14.4 Å². The Kier molecular flexibility index (Phi) is 5.85. The van der Waals surface area contributed by atoms with Crippen LogP contribution in [0.2, 0.25) is 0 Å². The zero-order chi connectivity index (χ0) is 22.0. The molecule has 1 saturated heterocycles. The van der Waals surface area contributed by atoms with E-state index in [1.165, 1.54) is 25.6 Å². The molecule has 0 spiro atoms. The molecule has 0 bridgehead atoms. The molecule has 1 aromatic heterocycles. The molecule has 1 atom stereocenters. The number of aromatic nitrogens is 2. The zero-order valence-electron chi connectivity index (χ0n) is 17.4. The molecule has 1 unspecified atom stereocenters. The fourth-order valence-electron chi connectivity index (χ4n) is 3.52. The quantitative estimate of drug-likeness (QED) is 0.632. The van der Waals surface area contributed by atoms with Gasteiger partial charge in [0.25, 0.3) is 5.91 Å². The summed E-state index contributed by atoms with van der Waals surface area (Å²) in [5.41, 5.74) is 2.40. The van der Waals surface area contributed by atoms with Gasteiger partial charge in [-0.1, -0.05) is 23.5 Å². The lowest BCUT2D eigenvalue weighted by Gasteiger charge is -2.16. The second kappa shape index (κ2) is 8.73. The van der Waals surface area contributed by atoms with Crippen LogP contribution in [0.25, 0.3) is 0 Å². The van der Waals surface area contributed by atoms with Crippen molar-refractivity contribution in [3.63, 3.8) is 0 Å². The van der Waals surface area contributed by atoms with E-state index in [2.05, 4.69) is 15.5 Å². The number of anilines is 2. The van der Waals surface area contributed by atoms with Crippen LogP contribution in [0.1, 0.15) is 33.3 Å². The zero-order valence-corrected chi connectivity index (χ0v) is 18.2. The first-order chi connectivity index (χ1) is 15.0. The second-order valence-corrected chi connectivity index (χ2v) is 8.22. The number of hydrogen-bond acceptors (Lipinski definition) is 7. The number of aryl methyl sites for hydroxylation is 1. The standard InChI is InChI=1S/C22H22N4O4S/c1-13-5-4-6-16(9-13)26-12-15(11-19(26)27)21-24-25-22(31-21)23-20(28)14-7-8-17(29-2)18(10-14)30-3/h4-10,15H,11-12H2,1-3H3,(H,23,25,28). The van der Waals surface area contributed by atoms with Crippen molar-refractivity contribution in [3.8, 4) is 11.5 Å². The smallest absolute Gasteiger partial charge is 0.257 e. The molecule has 31 heavy (non-hydrogen) atoms. The average molecular weight is 439 g/mol. The predicted molar refractivity (Wildman–Crippen MR) is 118 cm³/mol. The van der Waals surface area contributed by atoms with E-state index in [0.717, 1.165) is 16.3 Å². The number of carbonyl (C=O) groups excluding carboxylic acids is 2. The lowest BCUT2D eigenvalue weighted by Crippen LogP contribution is -2.24. The highest BCUT2D eigenvalue weighted by Gasteiger charge is 2.34. The minimum Gasteiger partial charge on any atom is -0.493 e. The van der Waals surface area contributed by atoms with Gasteiger partial charge in [-0.2, -0.15) is 0 Å². The molecule has 2 aromatic carbocycles. The highest BCUT2D eigenvalue weighted by atomic mass is 32.1. The van der Waals surface area contributed by atoms with Crippen LogP contribution in [0.15, 0.2) is 42.5 Å². The van der Waals surface area contributed by atoms with E-state index in [0.29, 0.717) is 35.2 Å². The lowest BCUT2D eigenvalue weighted by molar-refractivity contribution is -0.117. The average Bonchev–Trinajstić information content (AvgIpc) is 3.39. The van der Waals surface area contributed by atoms with Gasteiger partial charge in [0.05, 0.1) is 14.2 Å². The highest BCUT2D eigenvalue weighted by Crippen LogP contribution is 2.35. The van der Waals surface area contributed by atoms with Crippen molar-refractivity contribution in [2.75, 3.05) is 31.0 Å². The normalized spacial score (nSPS) is 15.8. The molecular formula is C22H22N4O4S. The van der Waals surface area contributed by atoms with Crippen molar-refractivity contribution in [2.24, 2.45) is 0 Å². The number of amides is 2. The summed E-state index contributed by atoms with van der Waals surface area (Å²) in [4.78, 5) is 26.9. The van der Waals surface area contributed by atoms with E-state index in [1.54, 1.807) is 23.1 Å². The number of nitrogens with one attached hydrogen (secondary N) is 1. The molecule has 9 heteroatoms. The van der Waals surface area contributed by atoms with E-state index in [4.69, 9.17) is 9.47 Å². The molecule has 1 aliphatic heterocycles. The summed E-state index contributed by atoms with van der Waals surface area (Å²) < 4.78 is 10.4. The Morgan fingerprint density at radius 3 is 2.68 bits per heavy atom. The minimum atomic E-state index is -0.326. The summed E-state index contributed by atoms with van der Waals surface area (Å²) >= 11 is 1.28. The topological polar surface area (TPSA) is 93.7 Å². The van der Waals surface area contributed by atoms with Gasteiger partial charge in [-0.05, 0) is 42.8 Å². The first kappa shape index (κ1) is 20.8. The molecule has 1 aliphatic rings. The van der Waals surface area contributed by atoms with Gasteiger partial charge in [-0.25, -0.2) is 0 Å². The van der Waals surface area contributed by atoms with Gasteiger partial charge in [-0.15, -0.1) is 10.2 Å². The molecule has 1 N–H and O–H groups in total. The monoisotopic (exact) mass is 438 g/mol. The van der Waals surface area contributed by atoms with Crippen LogP contribution in [-0.4, -0.2) is 42.8 Å². The Labute approximate surface area is 183 Å². The second-order valence-electron chi connectivity index (χ2n) is 7.21. The van der Waals surface area contributed by atoms with Crippen molar-refractivity contribution in [1.29, 1.82) is 0 Å². The molecule has 2 heterocycles. The van der Waals surface area contributed by atoms with Crippen LogP contribution >= 0.6 is 11.3 Å². The SMILES string of the molecule is COc1ccc(C(=O)Nc2nnc(C3CC(=O)N(c4cccc(C)c4)C3)s2)cc1OC. The van der Waals surface area contributed by atoms with Crippen molar-refractivity contribution in [2.45, 2.75) is 19.3 Å². The molecule has 4 rings (SSSR count). The number of methoxy groups -OCH3 is 2. The highest BCUT2D eigenvalue weighted by molar-refractivity contribution is 7.15. The summed E-state index contributed by atoms with van der Waals surface area (Å²) in [7, 11) is 3.05. The molecular weight excluding hydrogens is 416 g/mol. The van der Waals surface area contributed by atoms with Crippen molar-refractivity contribution in [1.82, 2.24) is 10.2 Å². The van der Waals surface area contributed by atoms with Gasteiger partial charge >= 0.3 is 0 Å². The fraction of sp³-hybridized carbons (Fsp3) is 0.273. The van der Waals surface area contributed by atoms with Crippen LogP contribution < -0.4 is 19.7 Å². The Morgan fingerprint density at radius 2 is 1.94 bits per heavy atom. The lowest BCUT2D eigenvalue weighted by atomic mass is 10.1. The van der Waals surface area contributed by atoms with Gasteiger partial charge in [0.1, 0.15) is 5.01 Å². The summed E-state index contributed by atoms with van der Waals surface area (Å²) in [6.07, 6.45) is 0.367. The molecule has 0 saturated carbocycles. The summed E-state index contributed by atoms with van der Waals surface area (Å²) in [6, 6.07) is 12.8. The maximum atomic E-state index is 12.6. The van der Waals surface area contributed by atoms with Crippen LogP contribution in [0.3, 0.4) is 0 Å². The van der Waals surface area contributed by atoms with Crippen LogP contribution in [0.4, 0.5) is 10.8 Å². The molecule has 2 amide bonds. The van der Waals surface area contributed by atoms with E-state index in [-0.39, 0.29) is 17.7 Å². The minimum absolute atomic E-state index is 0.0571. The number of nitrogens with zero attached hydrogens (tertiary/aromatic N) is 3. The molecule has 160 valence electrons. The third kappa shape index (κ3) is 4.36. The predicted octanol–water partition coefficient (Wildman–Crippen LogP) is 3.64. The Morgan fingerprint density at radius 1 is 1.13 bits per heavy atom. The largest absolute Gasteiger partial charge is 0.493 e. The molecule has 0 aliphatic carbocycles. The number of ether oxygens (including phenoxy) is 2. The van der Waals surface area contributed by atoms with E-state index >= 15 is 0 Å². The van der Waals surface area contributed by atoms with E-state index in [1.807, 2.05) is 31.2 Å².